The third-order valence-electron chi connectivity index (χ3n) is 2.39. The van der Waals surface area contributed by atoms with Gasteiger partial charge in [-0.2, -0.15) is 0 Å². The van der Waals surface area contributed by atoms with Gasteiger partial charge in [0.1, 0.15) is 6.10 Å². The lowest BCUT2D eigenvalue weighted by Gasteiger charge is -2.14. The molecule has 0 bridgehead atoms. The fourth-order valence-corrected chi connectivity index (χ4v) is 1.20. The smallest absolute Gasteiger partial charge is 0.265 e. The molecule has 0 radical (unpaired) electrons. The second-order valence-electron chi connectivity index (χ2n) is 4.19. The average molecular weight is 239 g/mol. The Morgan fingerprint density at radius 3 is 2.50 bits per heavy atom. The summed E-state index contributed by atoms with van der Waals surface area (Å²) < 4.78 is 29.0. The summed E-state index contributed by atoms with van der Waals surface area (Å²) in [5.41, 5.74) is 0. The Labute approximate surface area is 93.6 Å². The SMILES string of the molecule is OC(CNCC(O)C(F)F)COCC1CC1. The third kappa shape index (κ3) is 6.32. The number of aliphatic hydroxyl groups is 2. The topological polar surface area (TPSA) is 61.7 Å². The van der Waals surface area contributed by atoms with Crippen LogP contribution in [0.25, 0.3) is 0 Å². The van der Waals surface area contributed by atoms with Crippen LogP contribution in [-0.4, -0.2) is 55.1 Å². The van der Waals surface area contributed by atoms with Crippen molar-refractivity contribution in [2.24, 2.45) is 5.92 Å². The number of rotatable bonds is 9. The van der Waals surface area contributed by atoms with Gasteiger partial charge in [0.25, 0.3) is 6.43 Å². The predicted molar refractivity (Wildman–Crippen MR) is 54.4 cm³/mol. The summed E-state index contributed by atoms with van der Waals surface area (Å²) in [6, 6.07) is 0. The molecule has 96 valence electrons. The minimum Gasteiger partial charge on any atom is -0.389 e. The van der Waals surface area contributed by atoms with E-state index in [1.165, 1.54) is 12.8 Å². The summed E-state index contributed by atoms with van der Waals surface area (Å²) in [7, 11) is 0. The molecule has 2 atom stereocenters. The zero-order valence-corrected chi connectivity index (χ0v) is 9.11. The molecule has 0 spiro atoms. The summed E-state index contributed by atoms with van der Waals surface area (Å²) in [4.78, 5) is 0. The van der Waals surface area contributed by atoms with E-state index < -0.39 is 18.6 Å². The Morgan fingerprint density at radius 2 is 1.94 bits per heavy atom. The summed E-state index contributed by atoms with van der Waals surface area (Å²) in [5.74, 6) is 0.640. The molecule has 1 aliphatic carbocycles. The second kappa shape index (κ2) is 7.11. The van der Waals surface area contributed by atoms with Gasteiger partial charge in [-0.3, -0.25) is 0 Å². The fourth-order valence-electron chi connectivity index (χ4n) is 1.20. The van der Waals surface area contributed by atoms with Crippen molar-refractivity contribution < 1.29 is 23.7 Å². The van der Waals surface area contributed by atoms with E-state index in [0.717, 1.165) is 0 Å². The molecule has 0 aromatic rings. The second-order valence-corrected chi connectivity index (χ2v) is 4.19. The van der Waals surface area contributed by atoms with Crippen molar-refractivity contribution in [1.29, 1.82) is 0 Å². The fraction of sp³-hybridized carbons (Fsp3) is 1.00. The molecule has 1 saturated carbocycles. The summed E-state index contributed by atoms with van der Waals surface area (Å²) in [6.45, 7) is 0.788. The first-order valence-corrected chi connectivity index (χ1v) is 5.52. The zero-order chi connectivity index (χ0) is 12.0. The van der Waals surface area contributed by atoms with Crippen LogP contribution in [0.5, 0.6) is 0 Å². The van der Waals surface area contributed by atoms with Gasteiger partial charge in [0.05, 0.1) is 12.7 Å². The first-order valence-electron chi connectivity index (χ1n) is 5.52. The number of ether oxygens (including phenoxy) is 1. The molecule has 0 aromatic heterocycles. The minimum atomic E-state index is -2.75. The quantitative estimate of drug-likeness (QED) is 0.529. The van der Waals surface area contributed by atoms with Crippen LogP contribution in [0.3, 0.4) is 0 Å². The minimum absolute atomic E-state index is 0.147. The van der Waals surface area contributed by atoms with Crippen molar-refractivity contribution in [3.05, 3.63) is 0 Å². The van der Waals surface area contributed by atoms with E-state index in [4.69, 9.17) is 9.84 Å². The monoisotopic (exact) mass is 239 g/mol. The lowest BCUT2D eigenvalue weighted by molar-refractivity contribution is -0.00775. The molecule has 16 heavy (non-hydrogen) atoms. The largest absolute Gasteiger partial charge is 0.389 e. The molecule has 6 heteroatoms. The number of nitrogens with one attached hydrogen (secondary N) is 1. The van der Waals surface area contributed by atoms with E-state index in [-0.39, 0.29) is 19.7 Å². The molecule has 0 aromatic carbocycles. The molecule has 0 heterocycles. The maximum Gasteiger partial charge on any atom is 0.265 e. The molecular weight excluding hydrogens is 220 g/mol. The Kier molecular flexibility index (Phi) is 6.12. The summed E-state index contributed by atoms with van der Waals surface area (Å²) in [5, 5.41) is 20.7. The van der Waals surface area contributed by atoms with Crippen LogP contribution in [0.4, 0.5) is 8.78 Å². The van der Waals surface area contributed by atoms with Crippen molar-refractivity contribution in [3.63, 3.8) is 0 Å². The highest BCUT2D eigenvalue weighted by atomic mass is 19.3. The van der Waals surface area contributed by atoms with Crippen molar-refractivity contribution in [2.75, 3.05) is 26.3 Å². The van der Waals surface area contributed by atoms with Crippen molar-refractivity contribution in [1.82, 2.24) is 5.32 Å². The summed E-state index contributed by atoms with van der Waals surface area (Å²) in [6.07, 6.45) is -2.77. The molecular formula is C10H19F2NO3. The van der Waals surface area contributed by atoms with Crippen LogP contribution >= 0.6 is 0 Å². The van der Waals surface area contributed by atoms with E-state index in [2.05, 4.69) is 5.32 Å². The average Bonchev–Trinajstić information content (AvgIpc) is 3.01. The molecule has 1 aliphatic rings. The molecule has 2 unspecified atom stereocenters. The van der Waals surface area contributed by atoms with Crippen LogP contribution in [0.2, 0.25) is 0 Å². The van der Waals surface area contributed by atoms with Gasteiger partial charge in [-0.05, 0) is 18.8 Å². The van der Waals surface area contributed by atoms with Gasteiger partial charge < -0.3 is 20.3 Å². The first kappa shape index (κ1) is 13.8. The normalized spacial score (nSPS) is 20.1. The van der Waals surface area contributed by atoms with E-state index >= 15 is 0 Å². The number of hydrogen-bond donors (Lipinski definition) is 3. The zero-order valence-electron chi connectivity index (χ0n) is 9.11. The van der Waals surface area contributed by atoms with Gasteiger partial charge in [0, 0.05) is 19.7 Å². The van der Waals surface area contributed by atoms with Gasteiger partial charge >= 0.3 is 0 Å². The molecule has 1 fully saturated rings. The van der Waals surface area contributed by atoms with Crippen LogP contribution < -0.4 is 5.32 Å². The number of halogens is 2. The van der Waals surface area contributed by atoms with E-state index in [0.29, 0.717) is 12.5 Å². The highest BCUT2D eigenvalue weighted by Gasteiger charge is 2.21. The molecule has 4 nitrogen and oxygen atoms in total. The highest BCUT2D eigenvalue weighted by molar-refractivity contribution is 4.72. The third-order valence-corrected chi connectivity index (χ3v) is 2.39. The van der Waals surface area contributed by atoms with Crippen LogP contribution in [-0.2, 0) is 4.74 Å². The van der Waals surface area contributed by atoms with Crippen LogP contribution in [0, 0.1) is 5.92 Å². The van der Waals surface area contributed by atoms with Gasteiger partial charge in [0.2, 0.25) is 0 Å². The van der Waals surface area contributed by atoms with Crippen LogP contribution in [0.1, 0.15) is 12.8 Å². The lowest BCUT2D eigenvalue weighted by Crippen LogP contribution is -2.37. The molecule has 0 saturated heterocycles. The maximum atomic E-state index is 11.9. The predicted octanol–water partition coefficient (Wildman–Crippen LogP) is -0.0105. The molecule has 0 amide bonds. The van der Waals surface area contributed by atoms with Gasteiger partial charge in [-0.1, -0.05) is 0 Å². The van der Waals surface area contributed by atoms with Crippen molar-refractivity contribution in [2.45, 2.75) is 31.5 Å². The van der Waals surface area contributed by atoms with E-state index in [9.17, 15) is 13.9 Å². The molecule has 1 rings (SSSR count). The lowest BCUT2D eigenvalue weighted by atomic mass is 10.3. The number of hydrogen-bond acceptors (Lipinski definition) is 4. The summed E-state index contributed by atoms with van der Waals surface area (Å²) >= 11 is 0. The van der Waals surface area contributed by atoms with Gasteiger partial charge in [-0.25, -0.2) is 8.78 Å². The molecule has 0 aliphatic heterocycles. The van der Waals surface area contributed by atoms with Crippen molar-refractivity contribution >= 4 is 0 Å². The number of aliphatic hydroxyl groups excluding tert-OH is 2. The Bertz CT molecular complexity index is 191. The first-order chi connectivity index (χ1) is 7.59. The van der Waals surface area contributed by atoms with Gasteiger partial charge in [-0.15, -0.1) is 0 Å². The van der Waals surface area contributed by atoms with E-state index in [1.807, 2.05) is 0 Å². The standard InChI is InChI=1S/C10H19F2NO3/c11-10(12)9(15)4-13-3-8(14)6-16-5-7-1-2-7/h7-10,13-15H,1-6H2. The van der Waals surface area contributed by atoms with E-state index in [1.54, 1.807) is 0 Å². The Balaban J connectivity index is 1.90. The highest BCUT2D eigenvalue weighted by Crippen LogP contribution is 2.28. The van der Waals surface area contributed by atoms with Gasteiger partial charge in [0.15, 0.2) is 0 Å². The Hall–Kier alpha value is -0.300. The Morgan fingerprint density at radius 1 is 1.25 bits per heavy atom. The van der Waals surface area contributed by atoms with Crippen LogP contribution in [0.15, 0.2) is 0 Å². The number of alkyl halides is 2. The molecule has 3 N–H and O–H groups in total. The van der Waals surface area contributed by atoms with Crippen molar-refractivity contribution in [3.8, 4) is 0 Å². The maximum absolute atomic E-state index is 11.9.